The van der Waals surface area contributed by atoms with Crippen LogP contribution >= 0.6 is 0 Å². The zero-order chi connectivity index (χ0) is 15.0. The second kappa shape index (κ2) is 5.31. The van der Waals surface area contributed by atoms with Crippen molar-refractivity contribution in [1.82, 2.24) is 10.3 Å². The SMILES string of the molecule is C[C@H](NC(=O)[C@@H]1[C@@H](C(=O)O)[C@H]2C=C[C@H]1C2)c1ccncc1. The van der Waals surface area contributed by atoms with E-state index in [1.165, 1.54) is 0 Å². The number of carboxylic acid groups (broad SMARTS) is 1. The molecule has 1 fully saturated rings. The Kier molecular flexibility index (Phi) is 3.49. The van der Waals surface area contributed by atoms with Gasteiger partial charge in [-0.05, 0) is 42.9 Å². The Morgan fingerprint density at radius 1 is 1.24 bits per heavy atom. The summed E-state index contributed by atoms with van der Waals surface area (Å²) >= 11 is 0. The van der Waals surface area contributed by atoms with Crippen molar-refractivity contribution in [3.05, 3.63) is 42.2 Å². The Balaban J connectivity index is 1.73. The fraction of sp³-hybridized carbons (Fsp3) is 0.438. The molecule has 5 heteroatoms. The van der Waals surface area contributed by atoms with Crippen LogP contribution in [0.25, 0.3) is 0 Å². The van der Waals surface area contributed by atoms with Crippen LogP contribution < -0.4 is 5.32 Å². The molecule has 0 unspecified atom stereocenters. The Bertz CT molecular complexity index is 584. The molecule has 0 radical (unpaired) electrons. The van der Waals surface area contributed by atoms with Crippen LogP contribution in [0.2, 0.25) is 0 Å². The molecule has 2 N–H and O–H groups in total. The third-order valence-electron chi connectivity index (χ3n) is 4.61. The number of fused-ring (bicyclic) bond motifs is 2. The summed E-state index contributed by atoms with van der Waals surface area (Å²) in [4.78, 5) is 27.9. The molecule has 0 spiro atoms. The summed E-state index contributed by atoms with van der Waals surface area (Å²) in [6, 6.07) is 3.54. The number of pyridine rings is 1. The van der Waals surface area contributed by atoms with Crippen molar-refractivity contribution < 1.29 is 14.7 Å². The second-order valence-electron chi connectivity index (χ2n) is 5.85. The highest BCUT2D eigenvalue weighted by atomic mass is 16.4. The molecule has 0 aliphatic heterocycles. The van der Waals surface area contributed by atoms with Crippen LogP contribution in [0.3, 0.4) is 0 Å². The molecule has 0 saturated heterocycles. The van der Waals surface area contributed by atoms with E-state index in [9.17, 15) is 14.7 Å². The lowest BCUT2D eigenvalue weighted by Gasteiger charge is -2.25. The van der Waals surface area contributed by atoms with Crippen LogP contribution in [-0.4, -0.2) is 22.0 Å². The molecule has 1 aromatic heterocycles. The van der Waals surface area contributed by atoms with Crippen LogP contribution in [0.5, 0.6) is 0 Å². The fourth-order valence-corrected chi connectivity index (χ4v) is 3.56. The highest BCUT2D eigenvalue weighted by Gasteiger charge is 2.51. The lowest BCUT2D eigenvalue weighted by molar-refractivity contribution is -0.148. The van der Waals surface area contributed by atoms with E-state index in [-0.39, 0.29) is 23.8 Å². The molecule has 2 aliphatic rings. The third-order valence-corrected chi connectivity index (χ3v) is 4.61. The molecule has 5 atom stereocenters. The van der Waals surface area contributed by atoms with Gasteiger partial charge in [-0.25, -0.2) is 0 Å². The predicted molar refractivity (Wildman–Crippen MR) is 76.1 cm³/mol. The monoisotopic (exact) mass is 286 g/mol. The number of aromatic nitrogens is 1. The van der Waals surface area contributed by atoms with Gasteiger partial charge in [0.05, 0.1) is 17.9 Å². The van der Waals surface area contributed by atoms with Crippen molar-refractivity contribution in [2.75, 3.05) is 0 Å². The van der Waals surface area contributed by atoms with Gasteiger partial charge in [0.15, 0.2) is 0 Å². The van der Waals surface area contributed by atoms with Crippen molar-refractivity contribution >= 4 is 11.9 Å². The number of rotatable bonds is 4. The third kappa shape index (κ3) is 2.44. The van der Waals surface area contributed by atoms with Gasteiger partial charge in [-0.15, -0.1) is 0 Å². The van der Waals surface area contributed by atoms with Gasteiger partial charge in [-0.3, -0.25) is 14.6 Å². The van der Waals surface area contributed by atoms with E-state index >= 15 is 0 Å². The summed E-state index contributed by atoms with van der Waals surface area (Å²) in [6.07, 6.45) is 8.07. The van der Waals surface area contributed by atoms with Gasteiger partial charge in [0.1, 0.15) is 0 Å². The summed E-state index contributed by atoms with van der Waals surface area (Å²) in [6.45, 7) is 1.89. The Hall–Kier alpha value is -2.17. The van der Waals surface area contributed by atoms with Crippen LogP contribution in [0.4, 0.5) is 0 Å². The number of carbonyl (C=O) groups is 2. The zero-order valence-electron chi connectivity index (χ0n) is 11.8. The first-order valence-corrected chi connectivity index (χ1v) is 7.19. The molecule has 0 aromatic carbocycles. The van der Waals surface area contributed by atoms with Gasteiger partial charge < -0.3 is 10.4 Å². The Morgan fingerprint density at radius 2 is 1.86 bits per heavy atom. The second-order valence-corrected chi connectivity index (χ2v) is 5.85. The maximum atomic E-state index is 12.5. The predicted octanol–water partition coefficient (Wildman–Crippen LogP) is 1.78. The van der Waals surface area contributed by atoms with Gasteiger partial charge in [0.2, 0.25) is 5.91 Å². The number of nitrogens with zero attached hydrogens (tertiary/aromatic N) is 1. The van der Waals surface area contributed by atoms with Gasteiger partial charge in [-0.1, -0.05) is 12.2 Å². The quantitative estimate of drug-likeness (QED) is 0.827. The maximum absolute atomic E-state index is 12.5. The normalized spacial score (nSPS) is 31.1. The summed E-state index contributed by atoms with van der Waals surface area (Å²) in [7, 11) is 0. The molecule has 5 nitrogen and oxygen atoms in total. The summed E-state index contributed by atoms with van der Waals surface area (Å²) < 4.78 is 0. The number of hydrogen-bond donors (Lipinski definition) is 2. The van der Waals surface area contributed by atoms with Crippen molar-refractivity contribution in [2.45, 2.75) is 19.4 Å². The van der Waals surface area contributed by atoms with Crippen molar-refractivity contribution in [3.8, 4) is 0 Å². The molecule has 3 rings (SSSR count). The first-order valence-electron chi connectivity index (χ1n) is 7.19. The topological polar surface area (TPSA) is 79.3 Å². The highest BCUT2D eigenvalue weighted by molar-refractivity contribution is 5.87. The smallest absolute Gasteiger partial charge is 0.307 e. The van der Waals surface area contributed by atoms with E-state index < -0.39 is 17.8 Å². The van der Waals surface area contributed by atoms with Crippen molar-refractivity contribution in [2.24, 2.45) is 23.7 Å². The lowest BCUT2D eigenvalue weighted by atomic mass is 9.82. The molecule has 110 valence electrons. The Labute approximate surface area is 123 Å². The largest absolute Gasteiger partial charge is 0.481 e. The van der Waals surface area contributed by atoms with E-state index in [1.54, 1.807) is 12.4 Å². The molecule has 1 aromatic rings. The van der Waals surface area contributed by atoms with Crippen molar-refractivity contribution in [3.63, 3.8) is 0 Å². The lowest BCUT2D eigenvalue weighted by Crippen LogP contribution is -2.41. The first-order chi connectivity index (χ1) is 10.1. The minimum Gasteiger partial charge on any atom is -0.481 e. The van der Waals surface area contributed by atoms with E-state index in [0.29, 0.717) is 0 Å². The number of allylic oxidation sites excluding steroid dienone is 2. The number of hydrogen-bond acceptors (Lipinski definition) is 3. The molecule has 2 aliphatic carbocycles. The minimum absolute atomic E-state index is 0.000480. The average molecular weight is 286 g/mol. The fourth-order valence-electron chi connectivity index (χ4n) is 3.56. The van der Waals surface area contributed by atoms with Gasteiger partial charge in [0.25, 0.3) is 0 Å². The van der Waals surface area contributed by atoms with Gasteiger partial charge in [-0.2, -0.15) is 0 Å². The summed E-state index contributed by atoms with van der Waals surface area (Å²) in [5, 5.41) is 12.3. The molecule has 2 bridgehead atoms. The average Bonchev–Trinajstić information content (AvgIpc) is 3.08. The van der Waals surface area contributed by atoms with Gasteiger partial charge >= 0.3 is 5.97 Å². The van der Waals surface area contributed by atoms with Gasteiger partial charge in [0, 0.05) is 12.4 Å². The van der Waals surface area contributed by atoms with Crippen molar-refractivity contribution in [1.29, 1.82) is 0 Å². The number of carboxylic acids is 1. The number of nitrogens with one attached hydrogen (secondary N) is 1. The van der Waals surface area contributed by atoms with E-state index in [0.717, 1.165) is 12.0 Å². The maximum Gasteiger partial charge on any atom is 0.307 e. The number of amides is 1. The Morgan fingerprint density at radius 3 is 2.48 bits per heavy atom. The molecule has 1 amide bonds. The van der Waals surface area contributed by atoms with Crippen LogP contribution in [0.1, 0.15) is 24.9 Å². The summed E-state index contributed by atoms with van der Waals surface area (Å²) in [5.74, 6) is -2.03. The first kappa shape index (κ1) is 13.8. The molecular formula is C16H18N2O3. The molecular weight excluding hydrogens is 268 g/mol. The zero-order valence-corrected chi connectivity index (χ0v) is 11.8. The molecule has 1 heterocycles. The van der Waals surface area contributed by atoms with E-state index in [2.05, 4.69) is 10.3 Å². The number of carbonyl (C=O) groups excluding carboxylic acids is 1. The van der Waals surface area contributed by atoms with E-state index in [4.69, 9.17) is 0 Å². The number of aliphatic carboxylic acids is 1. The van der Waals surface area contributed by atoms with E-state index in [1.807, 2.05) is 31.2 Å². The van der Waals surface area contributed by atoms with Crippen LogP contribution in [0.15, 0.2) is 36.7 Å². The summed E-state index contributed by atoms with van der Waals surface area (Å²) in [5.41, 5.74) is 0.962. The van der Waals surface area contributed by atoms with Crippen LogP contribution in [-0.2, 0) is 9.59 Å². The minimum atomic E-state index is -0.872. The molecule has 21 heavy (non-hydrogen) atoms. The molecule has 1 saturated carbocycles. The standard InChI is InChI=1S/C16H18N2O3/c1-9(10-4-6-17-7-5-10)18-15(19)13-11-2-3-12(8-11)14(13)16(20)21/h2-7,9,11-14H,8H2,1H3,(H,18,19)(H,20,21)/t9-,11-,12-,13-,14-/m0/s1. The highest BCUT2D eigenvalue weighted by Crippen LogP contribution is 2.48. The van der Waals surface area contributed by atoms with Crippen LogP contribution in [0, 0.1) is 23.7 Å².